The van der Waals surface area contributed by atoms with E-state index < -0.39 is 35.2 Å². The van der Waals surface area contributed by atoms with E-state index >= 15 is 0 Å². The minimum atomic E-state index is -2.13. The fourth-order valence-corrected chi connectivity index (χ4v) is 5.63. The molecule has 0 bridgehead atoms. The van der Waals surface area contributed by atoms with Gasteiger partial charge in [0, 0.05) is 21.2 Å². The van der Waals surface area contributed by atoms with Crippen LogP contribution in [0.1, 0.15) is 57.4 Å². The standard InChI is InChI=1S/C34H24Cl2N2O7/c35-23-13-9-21(10-14-23)29(39)34(22-11-15-24(36)16-12-22,44-19-17-37-30(40)25-5-1-2-6-26(25)31(37)41)45-20-18-38-32(42)27-7-3-4-8-28(27)33(38)43/h1-16H,17-20H2. The summed E-state index contributed by atoms with van der Waals surface area (Å²) in [6, 6.07) is 25.3. The summed E-state index contributed by atoms with van der Waals surface area (Å²) in [4.78, 5) is 68.3. The van der Waals surface area contributed by atoms with Gasteiger partial charge in [-0.05, 0) is 60.7 Å². The van der Waals surface area contributed by atoms with Crippen molar-refractivity contribution in [1.29, 1.82) is 0 Å². The molecule has 0 spiro atoms. The van der Waals surface area contributed by atoms with Gasteiger partial charge in [0.25, 0.3) is 29.4 Å². The summed E-state index contributed by atoms with van der Waals surface area (Å²) in [7, 11) is 0. The minimum Gasteiger partial charge on any atom is -0.338 e. The second kappa shape index (κ2) is 12.4. The average molecular weight is 643 g/mol. The summed E-state index contributed by atoms with van der Waals surface area (Å²) in [5.41, 5.74) is 1.57. The molecule has 9 nitrogen and oxygen atoms in total. The molecule has 4 amide bonds. The lowest BCUT2D eigenvalue weighted by atomic mass is 9.95. The first-order chi connectivity index (χ1) is 21.7. The van der Waals surface area contributed by atoms with Gasteiger partial charge in [-0.25, -0.2) is 0 Å². The quantitative estimate of drug-likeness (QED) is 0.118. The molecular formula is C34H24Cl2N2O7. The maximum Gasteiger partial charge on any atom is 0.261 e. The molecule has 0 radical (unpaired) electrons. The Morgan fingerprint density at radius 1 is 0.556 bits per heavy atom. The van der Waals surface area contributed by atoms with Crippen LogP contribution in [0.4, 0.5) is 0 Å². The zero-order chi connectivity index (χ0) is 31.7. The van der Waals surface area contributed by atoms with Gasteiger partial charge < -0.3 is 9.47 Å². The van der Waals surface area contributed by atoms with Crippen LogP contribution in [-0.2, 0) is 15.3 Å². The van der Waals surface area contributed by atoms with Crippen molar-refractivity contribution in [3.05, 3.63) is 140 Å². The average Bonchev–Trinajstić information content (AvgIpc) is 3.45. The molecule has 0 fully saturated rings. The Bertz CT molecular complexity index is 1690. The van der Waals surface area contributed by atoms with Gasteiger partial charge in [0.1, 0.15) is 0 Å². The molecule has 6 rings (SSSR count). The number of amides is 4. The Morgan fingerprint density at radius 2 is 0.911 bits per heavy atom. The zero-order valence-electron chi connectivity index (χ0n) is 23.6. The molecule has 0 N–H and O–H groups in total. The Morgan fingerprint density at radius 3 is 1.29 bits per heavy atom. The van der Waals surface area contributed by atoms with Crippen molar-refractivity contribution >= 4 is 52.6 Å². The fraction of sp³-hybridized carbons (Fsp3) is 0.147. The summed E-state index contributed by atoms with van der Waals surface area (Å²) in [5.74, 6) is -4.67. The van der Waals surface area contributed by atoms with E-state index in [9.17, 15) is 24.0 Å². The largest absolute Gasteiger partial charge is 0.338 e. The van der Waals surface area contributed by atoms with E-state index in [0.717, 1.165) is 9.80 Å². The number of ketones is 1. The number of benzene rings is 4. The number of ether oxygens (including phenoxy) is 2. The van der Waals surface area contributed by atoms with E-state index in [2.05, 4.69) is 0 Å². The maximum absolute atomic E-state index is 14.3. The van der Waals surface area contributed by atoms with Crippen LogP contribution < -0.4 is 0 Å². The van der Waals surface area contributed by atoms with E-state index in [1.165, 1.54) is 12.1 Å². The normalized spacial score (nSPS) is 14.3. The van der Waals surface area contributed by atoms with Crippen molar-refractivity contribution in [2.45, 2.75) is 5.79 Å². The lowest BCUT2D eigenvalue weighted by Crippen LogP contribution is -2.46. The van der Waals surface area contributed by atoms with E-state index in [0.29, 0.717) is 10.0 Å². The molecule has 0 aromatic heterocycles. The SMILES string of the molecule is O=C1c2ccccc2C(=O)N1CCOC(OCCN1C(=O)c2ccccc2C1=O)(C(=O)c1ccc(Cl)cc1)c1ccc(Cl)cc1. The highest BCUT2D eigenvalue weighted by Gasteiger charge is 2.45. The van der Waals surface area contributed by atoms with E-state index in [1.54, 1.807) is 84.9 Å². The van der Waals surface area contributed by atoms with Crippen LogP contribution in [0, 0.1) is 0 Å². The molecule has 0 atom stereocenters. The first-order valence-corrected chi connectivity index (χ1v) is 14.7. The molecule has 2 aliphatic rings. The lowest BCUT2D eigenvalue weighted by Gasteiger charge is -2.34. The van der Waals surface area contributed by atoms with Gasteiger partial charge in [-0.1, -0.05) is 59.6 Å². The van der Waals surface area contributed by atoms with Crippen molar-refractivity contribution in [2.24, 2.45) is 0 Å². The monoisotopic (exact) mass is 642 g/mol. The van der Waals surface area contributed by atoms with Crippen molar-refractivity contribution in [3.8, 4) is 0 Å². The highest BCUT2D eigenvalue weighted by molar-refractivity contribution is 6.31. The predicted octanol–water partition coefficient (Wildman–Crippen LogP) is 5.65. The molecule has 0 saturated carbocycles. The van der Waals surface area contributed by atoms with Crippen LogP contribution in [-0.4, -0.2) is 65.5 Å². The highest BCUT2D eigenvalue weighted by Crippen LogP contribution is 2.34. The summed E-state index contributed by atoms with van der Waals surface area (Å²) < 4.78 is 12.5. The number of halogens is 2. The third kappa shape index (κ3) is 5.55. The van der Waals surface area contributed by atoms with Crippen LogP contribution in [0.25, 0.3) is 0 Å². The van der Waals surface area contributed by atoms with Crippen LogP contribution >= 0.6 is 23.2 Å². The predicted molar refractivity (Wildman–Crippen MR) is 164 cm³/mol. The molecule has 4 aromatic rings. The van der Waals surface area contributed by atoms with Gasteiger partial charge in [0.15, 0.2) is 0 Å². The van der Waals surface area contributed by atoms with Crippen molar-refractivity contribution in [3.63, 3.8) is 0 Å². The minimum absolute atomic E-state index is 0.183. The molecule has 0 unspecified atom stereocenters. The van der Waals surface area contributed by atoms with Gasteiger partial charge >= 0.3 is 0 Å². The van der Waals surface area contributed by atoms with E-state index in [4.69, 9.17) is 32.7 Å². The van der Waals surface area contributed by atoms with Gasteiger partial charge in [-0.2, -0.15) is 0 Å². The number of rotatable bonds is 11. The van der Waals surface area contributed by atoms with E-state index in [1.807, 2.05) is 0 Å². The highest BCUT2D eigenvalue weighted by atomic mass is 35.5. The number of hydrogen-bond acceptors (Lipinski definition) is 7. The first kappa shape index (κ1) is 30.4. The smallest absolute Gasteiger partial charge is 0.261 e. The second-order valence-electron chi connectivity index (χ2n) is 10.3. The number of fused-ring (bicyclic) bond motifs is 2. The number of carbonyl (C=O) groups is 5. The number of nitrogens with zero attached hydrogens (tertiary/aromatic N) is 2. The lowest BCUT2D eigenvalue weighted by molar-refractivity contribution is -0.210. The number of hydrogen-bond donors (Lipinski definition) is 0. The number of carbonyl (C=O) groups excluding carboxylic acids is 5. The molecule has 0 saturated heterocycles. The molecular weight excluding hydrogens is 619 g/mol. The Kier molecular flexibility index (Phi) is 8.35. The molecule has 2 heterocycles. The summed E-state index contributed by atoms with van der Waals surface area (Å²) >= 11 is 12.2. The van der Waals surface area contributed by atoms with Crippen LogP contribution in [0.5, 0.6) is 0 Å². The number of Topliss-reactive ketones (excluding diaryl/α,β-unsaturated/α-hetero) is 1. The van der Waals surface area contributed by atoms with Crippen LogP contribution in [0.15, 0.2) is 97.1 Å². The van der Waals surface area contributed by atoms with Gasteiger partial charge in [0.05, 0.1) is 48.6 Å². The molecule has 4 aromatic carbocycles. The zero-order valence-corrected chi connectivity index (χ0v) is 25.1. The van der Waals surface area contributed by atoms with Gasteiger partial charge in [-0.15, -0.1) is 0 Å². The molecule has 2 aliphatic heterocycles. The van der Waals surface area contributed by atoms with Crippen LogP contribution in [0.3, 0.4) is 0 Å². The molecule has 0 aliphatic carbocycles. The molecule has 226 valence electrons. The third-order valence-corrected chi connectivity index (χ3v) is 8.13. The Labute approximate surface area is 267 Å². The van der Waals surface area contributed by atoms with Crippen LogP contribution in [0.2, 0.25) is 10.0 Å². The third-order valence-electron chi connectivity index (χ3n) is 7.63. The van der Waals surface area contributed by atoms with Gasteiger partial charge in [-0.3, -0.25) is 33.8 Å². The van der Waals surface area contributed by atoms with Gasteiger partial charge in [0.2, 0.25) is 5.78 Å². The summed E-state index contributed by atoms with van der Waals surface area (Å²) in [6.07, 6.45) is 0. The maximum atomic E-state index is 14.3. The molecule has 45 heavy (non-hydrogen) atoms. The fourth-order valence-electron chi connectivity index (χ4n) is 5.38. The van der Waals surface area contributed by atoms with Crippen molar-refractivity contribution < 1.29 is 33.4 Å². The summed E-state index contributed by atoms with van der Waals surface area (Å²) in [6.45, 7) is -0.949. The van der Waals surface area contributed by atoms with Crippen molar-refractivity contribution in [1.82, 2.24) is 9.80 Å². The first-order valence-electron chi connectivity index (χ1n) is 14.0. The number of imide groups is 2. The topological polar surface area (TPSA) is 110 Å². The molecule has 11 heteroatoms. The van der Waals surface area contributed by atoms with Crippen molar-refractivity contribution in [2.75, 3.05) is 26.3 Å². The Hall–Kier alpha value is -4.67. The second-order valence-corrected chi connectivity index (χ2v) is 11.1. The summed E-state index contributed by atoms with van der Waals surface area (Å²) in [5, 5.41) is 0.797. The Balaban J connectivity index is 1.30. The van der Waals surface area contributed by atoms with E-state index in [-0.39, 0.29) is 59.7 Å².